The van der Waals surface area contributed by atoms with Crippen LogP contribution in [-0.4, -0.2) is 9.78 Å². The summed E-state index contributed by atoms with van der Waals surface area (Å²) >= 11 is 5.81. The Kier molecular flexibility index (Phi) is 3.66. The van der Waals surface area contributed by atoms with Gasteiger partial charge in [-0.2, -0.15) is 5.10 Å². The van der Waals surface area contributed by atoms with Crippen LogP contribution in [0.1, 0.15) is 17.3 Å². The molecule has 2 N–H and O–H groups in total. The second-order valence-electron chi connectivity index (χ2n) is 5.07. The minimum absolute atomic E-state index is 0.0915. The fraction of sp³-hybridized carbons (Fsp3) is 0.188. The van der Waals surface area contributed by atoms with Gasteiger partial charge in [-0.05, 0) is 23.8 Å². The molecule has 5 heteroatoms. The number of para-hydroxylation sites is 1. The molecule has 108 valence electrons. The van der Waals surface area contributed by atoms with Gasteiger partial charge in [-0.25, -0.2) is 4.39 Å². The Hall–Kier alpha value is -1.91. The van der Waals surface area contributed by atoms with Crippen molar-refractivity contribution in [1.82, 2.24) is 9.78 Å². The Labute approximate surface area is 127 Å². The monoisotopic (exact) mass is 303 g/mol. The molecular weight excluding hydrogens is 289 g/mol. The second kappa shape index (κ2) is 5.47. The summed E-state index contributed by atoms with van der Waals surface area (Å²) in [4.78, 5) is 0. The first kappa shape index (κ1) is 14.0. The zero-order chi connectivity index (χ0) is 15.0. The average Bonchev–Trinajstić information content (AvgIpc) is 2.79. The summed E-state index contributed by atoms with van der Waals surface area (Å²) < 4.78 is 15.1. The van der Waals surface area contributed by atoms with Gasteiger partial charge >= 0.3 is 0 Å². The number of aryl methyl sites for hydroxylation is 1. The highest BCUT2D eigenvalue weighted by molar-refractivity contribution is 6.30. The average molecular weight is 304 g/mol. The molecule has 3 nitrogen and oxygen atoms in total. The number of rotatable bonds is 3. The van der Waals surface area contributed by atoms with Crippen molar-refractivity contribution in [3.63, 3.8) is 0 Å². The van der Waals surface area contributed by atoms with Crippen molar-refractivity contribution in [1.29, 1.82) is 0 Å². The summed E-state index contributed by atoms with van der Waals surface area (Å²) in [7, 11) is 1.91. The van der Waals surface area contributed by atoms with Gasteiger partial charge in [-0.3, -0.25) is 4.68 Å². The quantitative estimate of drug-likeness (QED) is 0.803. The van der Waals surface area contributed by atoms with Crippen molar-refractivity contribution in [3.8, 4) is 0 Å². The van der Waals surface area contributed by atoms with E-state index in [1.807, 2.05) is 36.0 Å². The maximum absolute atomic E-state index is 13.2. The van der Waals surface area contributed by atoms with Crippen LogP contribution in [0.3, 0.4) is 0 Å². The molecule has 0 radical (unpaired) electrons. The van der Waals surface area contributed by atoms with Crippen LogP contribution in [0, 0.1) is 5.82 Å². The van der Waals surface area contributed by atoms with Crippen LogP contribution in [0.25, 0.3) is 10.9 Å². The third-order valence-corrected chi connectivity index (χ3v) is 3.91. The maximum Gasteiger partial charge on any atom is 0.141 e. The van der Waals surface area contributed by atoms with Gasteiger partial charge in [-0.1, -0.05) is 35.9 Å². The third kappa shape index (κ3) is 2.64. The molecule has 0 aliphatic rings. The Balaban J connectivity index is 1.92. The highest BCUT2D eigenvalue weighted by Crippen LogP contribution is 2.25. The molecule has 0 aliphatic carbocycles. The van der Waals surface area contributed by atoms with E-state index in [-0.39, 0.29) is 11.1 Å². The van der Waals surface area contributed by atoms with Crippen LogP contribution in [0.2, 0.25) is 5.02 Å². The van der Waals surface area contributed by atoms with Gasteiger partial charge in [0, 0.05) is 24.9 Å². The van der Waals surface area contributed by atoms with E-state index in [1.54, 1.807) is 12.1 Å². The molecule has 1 unspecified atom stereocenters. The molecule has 0 saturated carbocycles. The highest BCUT2D eigenvalue weighted by atomic mass is 35.5. The predicted octanol–water partition coefficient (Wildman–Crippen LogP) is 3.61. The first-order valence-electron chi connectivity index (χ1n) is 6.67. The molecule has 3 rings (SSSR count). The molecule has 1 aromatic heterocycles. The van der Waals surface area contributed by atoms with E-state index in [0.29, 0.717) is 6.42 Å². The highest BCUT2D eigenvalue weighted by Gasteiger charge is 2.14. The number of benzene rings is 2. The number of hydrogen-bond donors (Lipinski definition) is 1. The zero-order valence-electron chi connectivity index (χ0n) is 11.6. The van der Waals surface area contributed by atoms with Crippen molar-refractivity contribution in [2.45, 2.75) is 12.5 Å². The van der Waals surface area contributed by atoms with Gasteiger partial charge in [0.2, 0.25) is 0 Å². The first-order valence-corrected chi connectivity index (χ1v) is 7.05. The van der Waals surface area contributed by atoms with E-state index < -0.39 is 5.82 Å². The molecule has 0 amide bonds. The van der Waals surface area contributed by atoms with Crippen molar-refractivity contribution in [2.24, 2.45) is 12.8 Å². The standard InChI is InChI=1S/C16H15ClFN3/c1-21-16-5-3-2-4-11(16)15(20-21)9-14(19)10-6-7-13(18)12(17)8-10/h2-8,14H,9,19H2,1H3. The lowest BCUT2D eigenvalue weighted by Gasteiger charge is -2.11. The lowest BCUT2D eigenvalue weighted by atomic mass is 10.0. The van der Waals surface area contributed by atoms with E-state index >= 15 is 0 Å². The molecule has 0 spiro atoms. The van der Waals surface area contributed by atoms with E-state index in [9.17, 15) is 4.39 Å². The summed E-state index contributed by atoms with van der Waals surface area (Å²) in [5.41, 5.74) is 9.02. The van der Waals surface area contributed by atoms with Crippen LogP contribution in [0.15, 0.2) is 42.5 Å². The topological polar surface area (TPSA) is 43.8 Å². The van der Waals surface area contributed by atoms with Crippen molar-refractivity contribution < 1.29 is 4.39 Å². The number of aromatic nitrogens is 2. The molecular formula is C16H15ClFN3. The molecule has 0 fully saturated rings. The Morgan fingerprint density at radius 1 is 1.29 bits per heavy atom. The van der Waals surface area contributed by atoms with Gasteiger partial charge in [0.1, 0.15) is 5.82 Å². The summed E-state index contributed by atoms with van der Waals surface area (Å²) in [6, 6.07) is 12.3. The largest absolute Gasteiger partial charge is 0.324 e. The predicted molar refractivity (Wildman–Crippen MR) is 82.8 cm³/mol. The van der Waals surface area contributed by atoms with Gasteiger partial charge in [0.15, 0.2) is 0 Å². The summed E-state index contributed by atoms with van der Waals surface area (Å²) in [6.45, 7) is 0. The van der Waals surface area contributed by atoms with Crippen molar-refractivity contribution >= 4 is 22.5 Å². The fourth-order valence-corrected chi connectivity index (χ4v) is 2.70. The SMILES string of the molecule is Cn1nc(CC(N)c2ccc(F)c(Cl)c2)c2ccccc21. The molecule has 0 saturated heterocycles. The minimum atomic E-state index is -0.434. The molecule has 1 atom stereocenters. The van der Waals surface area contributed by atoms with Gasteiger partial charge in [0.25, 0.3) is 0 Å². The molecule has 3 aromatic rings. The summed E-state index contributed by atoms with van der Waals surface area (Å²) in [5.74, 6) is -0.434. The van der Waals surface area contributed by atoms with Gasteiger partial charge in [-0.15, -0.1) is 0 Å². The molecule has 2 aromatic carbocycles. The number of fused-ring (bicyclic) bond motifs is 1. The van der Waals surface area contributed by atoms with Crippen LogP contribution in [0.4, 0.5) is 4.39 Å². The van der Waals surface area contributed by atoms with Crippen LogP contribution in [0.5, 0.6) is 0 Å². The number of hydrogen-bond acceptors (Lipinski definition) is 2. The number of halogens is 2. The summed E-state index contributed by atoms with van der Waals surface area (Å²) in [5, 5.41) is 5.70. The van der Waals surface area contributed by atoms with Gasteiger partial charge < -0.3 is 5.73 Å². The van der Waals surface area contributed by atoms with E-state index in [4.69, 9.17) is 17.3 Å². The van der Waals surface area contributed by atoms with E-state index in [0.717, 1.165) is 22.2 Å². The normalized spacial score (nSPS) is 12.8. The van der Waals surface area contributed by atoms with Gasteiger partial charge in [0.05, 0.1) is 16.2 Å². The Bertz CT molecular complexity index is 797. The maximum atomic E-state index is 13.2. The lowest BCUT2D eigenvalue weighted by Crippen LogP contribution is -2.14. The van der Waals surface area contributed by atoms with Crippen LogP contribution < -0.4 is 5.73 Å². The first-order chi connectivity index (χ1) is 10.1. The number of nitrogens with two attached hydrogens (primary N) is 1. The van der Waals surface area contributed by atoms with Crippen LogP contribution >= 0.6 is 11.6 Å². The zero-order valence-corrected chi connectivity index (χ0v) is 12.3. The van der Waals surface area contributed by atoms with Crippen LogP contribution in [-0.2, 0) is 13.5 Å². The van der Waals surface area contributed by atoms with E-state index in [1.165, 1.54) is 6.07 Å². The number of nitrogens with zero attached hydrogens (tertiary/aromatic N) is 2. The Morgan fingerprint density at radius 3 is 2.81 bits per heavy atom. The smallest absolute Gasteiger partial charge is 0.141 e. The van der Waals surface area contributed by atoms with Crippen molar-refractivity contribution in [3.05, 3.63) is 64.6 Å². The lowest BCUT2D eigenvalue weighted by molar-refractivity contribution is 0.624. The second-order valence-corrected chi connectivity index (χ2v) is 5.48. The molecule has 0 bridgehead atoms. The summed E-state index contributed by atoms with van der Waals surface area (Å²) in [6.07, 6.45) is 0.573. The van der Waals surface area contributed by atoms with E-state index in [2.05, 4.69) is 5.10 Å². The minimum Gasteiger partial charge on any atom is -0.324 e. The Morgan fingerprint density at radius 2 is 2.05 bits per heavy atom. The van der Waals surface area contributed by atoms with Crippen molar-refractivity contribution in [2.75, 3.05) is 0 Å². The molecule has 1 heterocycles. The molecule has 0 aliphatic heterocycles. The third-order valence-electron chi connectivity index (χ3n) is 3.62. The molecule has 21 heavy (non-hydrogen) atoms. The fourth-order valence-electron chi connectivity index (χ4n) is 2.51.